The molecule has 0 saturated carbocycles. The number of carbonyl (C=O) groups excluding carboxylic acids is 1. The molecular weight excluding hydrogens is 212 g/mol. The Hall–Kier alpha value is -0.370. The first-order valence-electron chi connectivity index (χ1n) is 6.43. The second kappa shape index (κ2) is 5.09. The van der Waals surface area contributed by atoms with Crippen LogP contribution in [0.2, 0.25) is 0 Å². The molecule has 102 valence electrons. The SMILES string of the molecule is CC(C)(C)OCC(C(=O)C(C)(C)C)C(C)(C)C. The zero-order valence-electron chi connectivity index (χ0n) is 13.1. The van der Waals surface area contributed by atoms with Crippen LogP contribution in [0.15, 0.2) is 0 Å². The van der Waals surface area contributed by atoms with Gasteiger partial charge in [-0.05, 0) is 26.2 Å². The largest absolute Gasteiger partial charge is 0.375 e. The summed E-state index contributed by atoms with van der Waals surface area (Å²) < 4.78 is 5.81. The first kappa shape index (κ1) is 16.6. The number of rotatable bonds is 3. The normalized spacial score (nSPS) is 15.8. The molecule has 0 heterocycles. The standard InChI is InChI=1S/C15H30O2/c1-13(2,3)11(10-17-15(7,8)9)12(16)14(4,5)6/h11H,10H2,1-9H3. The lowest BCUT2D eigenvalue weighted by atomic mass is 9.71. The molecule has 2 heteroatoms. The van der Waals surface area contributed by atoms with Crippen molar-refractivity contribution in [3.8, 4) is 0 Å². The fraction of sp³-hybridized carbons (Fsp3) is 0.933. The summed E-state index contributed by atoms with van der Waals surface area (Å²) in [6, 6.07) is 0. The molecule has 0 aromatic heterocycles. The number of carbonyl (C=O) groups is 1. The van der Waals surface area contributed by atoms with E-state index in [9.17, 15) is 4.79 Å². The third-order valence-corrected chi connectivity index (χ3v) is 2.78. The molecule has 0 aliphatic rings. The summed E-state index contributed by atoms with van der Waals surface area (Å²) in [6.07, 6.45) is 0. The van der Waals surface area contributed by atoms with Crippen LogP contribution in [0.5, 0.6) is 0 Å². The second-order valence-electron chi connectivity index (χ2n) is 7.96. The van der Waals surface area contributed by atoms with E-state index in [1.54, 1.807) is 0 Å². The monoisotopic (exact) mass is 242 g/mol. The molecule has 0 bridgehead atoms. The quantitative estimate of drug-likeness (QED) is 0.745. The maximum atomic E-state index is 12.4. The molecule has 0 saturated heterocycles. The van der Waals surface area contributed by atoms with Crippen LogP contribution in [0.4, 0.5) is 0 Å². The average Bonchev–Trinajstić information content (AvgIpc) is 1.97. The number of Topliss-reactive ketones (excluding diaryl/α,β-unsaturated/α-hetero) is 1. The summed E-state index contributed by atoms with van der Waals surface area (Å²) in [5, 5.41) is 0. The molecule has 1 atom stereocenters. The Morgan fingerprint density at radius 3 is 1.59 bits per heavy atom. The van der Waals surface area contributed by atoms with E-state index >= 15 is 0 Å². The van der Waals surface area contributed by atoms with Gasteiger partial charge in [-0.2, -0.15) is 0 Å². The predicted octanol–water partition coefficient (Wildman–Crippen LogP) is 4.08. The van der Waals surface area contributed by atoms with Crippen LogP contribution in [0, 0.1) is 16.7 Å². The minimum Gasteiger partial charge on any atom is -0.375 e. The number of ketones is 1. The molecule has 17 heavy (non-hydrogen) atoms. The van der Waals surface area contributed by atoms with Crippen molar-refractivity contribution in [2.75, 3.05) is 6.61 Å². The molecule has 0 spiro atoms. The van der Waals surface area contributed by atoms with Gasteiger partial charge in [0.05, 0.1) is 12.2 Å². The Morgan fingerprint density at radius 2 is 1.35 bits per heavy atom. The summed E-state index contributed by atoms with van der Waals surface area (Å²) in [4.78, 5) is 12.4. The molecule has 0 N–H and O–H groups in total. The first-order chi connectivity index (χ1) is 7.25. The van der Waals surface area contributed by atoms with E-state index in [4.69, 9.17) is 4.74 Å². The highest BCUT2D eigenvalue weighted by atomic mass is 16.5. The van der Waals surface area contributed by atoms with Gasteiger partial charge in [-0.1, -0.05) is 41.5 Å². The van der Waals surface area contributed by atoms with Gasteiger partial charge in [-0.3, -0.25) is 4.79 Å². The van der Waals surface area contributed by atoms with Crippen LogP contribution in [0.1, 0.15) is 62.3 Å². The molecule has 1 unspecified atom stereocenters. The summed E-state index contributed by atoms with van der Waals surface area (Å²) >= 11 is 0. The van der Waals surface area contributed by atoms with Gasteiger partial charge in [0.2, 0.25) is 0 Å². The zero-order chi connectivity index (χ0) is 14.1. The molecule has 0 fully saturated rings. The van der Waals surface area contributed by atoms with E-state index in [1.807, 2.05) is 41.5 Å². The van der Waals surface area contributed by atoms with Crippen molar-refractivity contribution >= 4 is 5.78 Å². The van der Waals surface area contributed by atoms with E-state index in [1.165, 1.54) is 0 Å². The predicted molar refractivity (Wildman–Crippen MR) is 73.1 cm³/mol. The van der Waals surface area contributed by atoms with E-state index in [2.05, 4.69) is 20.8 Å². The smallest absolute Gasteiger partial charge is 0.144 e. The molecule has 0 aliphatic carbocycles. The number of hydrogen-bond acceptors (Lipinski definition) is 2. The molecule has 0 amide bonds. The molecule has 0 aromatic rings. The van der Waals surface area contributed by atoms with Crippen LogP contribution in [-0.4, -0.2) is 18.0 Å². The summed E-state index contributed by atoms with van der Waals surface area (Å²) in [6.45, 7) is 18.8. The third kappa shape index (κ3) is 6.21. The molecular formula is C15H30O2. The number of hydrogen-bond donors (Lipinski definition) is 0. The van der Waals surface area contributed by atoms with Crippen molar-refractivity contribution in [1.29, 1.82) is 0 Å². The maximum Gasteiger partial charge on any atom is 0.144 e. The molecule has 0 aliphatic heterocycles. The molecule has 0 rings (SSSR count). The third-order valence-electron chi connectivity index (χ3n) is 2.78. The van der Waals surface area contributed by atoms with Crippen LogP contribution in [0.3, 0.4) is 0 Å². The lowest BCUT2D eigenvalue weighted by Gasteiger charge is -2.35. The Morgan fingerprint density at radius 1 is 0.941 bits per heavy atom. The van der Waals surface area contributed by atoms with Crippen LogP contribution in [0.25, 0.3) is 0 Å². The Labute approximate surface area is 107 Å². The van der Waals surface area contributed by atoms with Crippen LogP contribution < -0.4 is 0 Å². The van der Waals surface area contributed by atoms with Crippen molar-refractivity contribution in [1.82, 2.24) is 0 Å². The van der Waals surface area contributed by atoms with Gasteiger partial charge >= 0.3 is 0 Å². The van der Waals surface area contributed by atoms with Gasteiger partial charge in [0.15, 0.2) is 0 Å². The van der Waals surface area contributed by atoms with E-state index in [-0.39, 0.29) is 28.1 Å². The van der Waals surface area contributed by atoms with Gasteiger partial charge < -0.3 is 4.74 Å². The first-order valence-corrected chi connectivity index (χ1v) is 6.43. The lowest BCUT2D eigenvalue weighted by Crippen LogP contribution is -2.41. The fourth-order valence-corrected chi connectivity index (χ4v) is 1.57. The summed E-state index contributed by atoms with van der Waals surface area (Å²) in [7, 11) is 0. The van der Waals surface area contributed by atoms with Gasteiger partial charge in [0, 0.05) is 11.3 Å². The second-order valence-corrected chi connectivity index (χ2v) is 7.96. The van der Waals surface area contributed by atoms with Crippen molar-refractivity contribution in [2.45, 2.75) is 67.9 Å². The average molecular weight is 242 g/mol. The minimum absolute atomic E-state index is 0.0540. The highest BCUT2D eigenvalue weighted by Gasteiger charge is 2.38. The molecule has 2 nitrogen and oxygen atoms in total. The highest BCUT2D eigenvalue weighted by Crippen LogP contribution is 2.34. The Bertz CT molecular complexity index is 258. The van der Waals surface area contributed by atoms with E-state index in [0.717, 1.165) is 0 Å². The summed E-state index contributed by atoms with van der Waals surface area (Å²) in [5.74, 6) is 0.232. The van der Waals surface area contributed by atoms with Crippen molar-refractivity contribution in [3.05, 3.63) is 0 Å². The van der Waals surface area contributed by atoms with Crippen LogP contribution in [-0.2, 0) is 9.53 Å². The van der Waals surface area contributed by atoms with Gasteiger partial charge in [0.1, 0.15) is 5.78 Å². The zero-order valence-corrected chi connectivity index (χ0v) is 13.1. The summed E-state index contributed by atoms with van der Waals surface area (Å²) in [5.41, 5.74) is -0.559. The van der Waals surface area contributed by atoms with Crippen LogP contribution >= 0.6 is 0 Å². The maximum absolute atomic E-state index is 12.4. The van der Waals surface area contributed by atoms with Gasteiger partial charge in [0.25, 0.3) is 0 Å². The number of ether oxygens (including phenoxy) is 1. The molecule has 0 aromatic carbocycles. The topological polar surface area (TPSA) is 26.3 Å². The van der Waals surface area contributed by atoms with Crippen molar-refractivity contribution < 1.29 is 9.53 Å². The van der Waals surface area contributed by atoms with Gasteiger partial charge in [-0.25, -0.2) is 0 Å². The molecule has 0 radical (unpaired) electrons. The van der Waals surface area contributed by atoms with E-state index < -0.39 is 0 Å². The van der Waals surface area contributed by atoms with Gasteiger partial charge in [-0.15, -0.1) is 0 Å². The highest BCUT2D eigenvalue weighted by molar-refractivity contribution is 5.86. The van der Waals surface area contributed by atoms with E-state index in [0.29, 0.717) is 6.61 Å². The van der Waals surface area contributed by atoms with Crippen molar-refractivity contribution in [2.24, 2.45) is 16.7 Å². The Balaban J connectivity index is 4.87. The minimum atomic E-state index is -0.306. The Kier molecular flexibility index (Phi) is 4.98. The fourth-order valence-electron chi connectivity index (χ4n) is 1.57. The lowest BCUT2D eigenvalue weighted by molar-refractivity contribution is -0.139. The van der Waals surface area contributed by atoms with Crippen molar-refractivity contribution in [3.63, 3.8) is 0 Å².